The van der Waals surface area contributed by atoms with Gasteiger partial charge in [0.1, 0.15) is 0 Å². The summed E-state index contributed by atoms with van der Waals surface area (Å²) < 4.78 is 5.56. The summed E-state index contributed by atoms with van der Waals surface area (Å²) in [6.07, 6.45) is 0. The van der Waals surface area contributed by atoms with Gasteiger partial charge in [-0.1, -0.05) is 42.5 Å². The maximum absolute atomic E-state index is 5.56. The molecule has 0 bridgehead atoms. The summed E-state index contributed by atoms with van der Waals surface area (Å²) in [6.45, 7) is 2.19. The van der Waals surface area contributed by atoms with E-state index in [1.165, 1.54) is 26.7 Å². The third-order valence-corrected chi connectivity index (χ3v) is 5.24. The summed E-state index contributed by atoms with van der Waals surface area (Å²) in [7, 11) is 0.900. The van der Waals surface area contributed by atoms with Crippen LogP contribution < -0.4 is 5.19 Å². The predicted octanol–water partition coefficient (Wildman–Crippen LogP) is 3.47. The molecule has 0 N–H and O–H groups in total. The third kappa shape index (κ3) is 1.84. The molecule has 2 heteroatoms. The van der Waals surface area contributed by atoms with Crippen molar-refractivity contribution in [3.05, 3.63) is 54.6 Å². The van der Waals surface area contributed by atoms with E-state index in [9.17, 15) is 0 Å². The first-order valence-electron chi connectivity index (χ1n) is 6.09. The highest BCUT2D eigenvalue weighted by Crippen LogP contribution is 2.21. The normalized spacial score (nSPS) is 11.5. The first-order valence-corrected chi connectivity index (χ1v) is 8.00. The molecule has 0 saturated carbocycles. The van der Waals surface area contributed by atoms with Gasteiger partial charge in [-0.2, -0.15) is 0 Å². The molecule has 1 radical (unpaired) electrons. The fourth-order valence-corrected chi connectivity index (χ4v) is 3.53. The van der Waals surface area contributed by atoms with Crippen LogP contribution in [-0.4, -0.2) is 16.2 Å². The lowest BCUT2D eigenvalue weighted by molar-refractivity contribution is 0.435. The molecule has 0 spiro atoms. The van der Waals surface area contributed by atoms with E-state index in [0.717, 1.165) is 0 Å². The van der Waals surface area contributed by atoms with Crippen molar-refractivity contribution < 1.29 is 4.43 Å². The molecule has 0 aliphatic heterocycles. The van der Waals surface area contributed by atoms with Gasteiger partial charge >= 0.3 is 0 Å². The van der Waals surface area contributed by atoms with E-state index < -0.39 is 9.04 Å². The Morgan fingerprint density at radius 2 is 1.50 bits per heavy atom. The minimum absolute atomic E-state index is 0.899. The third-order valence-electron chi connectivity index (χ3n) is 3.43. The van der Waals surface area contributed by atoms with Gasteiger partial charge in [0.15, 0.2) is 0 Å². The quantitative estimate of drug-likeness (QED) is 0.500. The lowest BCUT2D eigenvalue weighted by Gasteiger charge is -2.11. The van der Waals surface area contributed by atoms with Gasteiger partial charge in [-0.15, -0.1) is 0 Å². The van der Waals surface area contributed by atoms with Crippen LogP contribution >= 0.6 is 0 Å². The highest BCUT2D eigenvalue weighted by Gasteiger charge is 2.11. The van der Waals surface area contributed by atoms with Crippen molar-refractivity contribution in [2.45, 2.75) is 6.55 Å². The molecule has 0 fully saturated rings. The van der Waals surface area contributed by atoms with E-state index in [2.05, 4.69) is 61.1 Å². The Morgan fingerprint density at radius 1 is 0.833 bits per heavy atom. The fourth-order valence-electron chi connectivity index (χ4n) is 2.38. The molecule has 3 aromatic carbocycles. The molecule has 0 aliphatic carbocycles. The molecule has 0 aliphatic rings. The standard InChI is InChI=1S/C16H15OSi/c1-17-18(2)16-9-5-8-14-10-12-6-3-4-7-13(12)11-15(14)16/h3-11H,1-2H3. The summed E-state index contributed by atoms with van der Waals surface area (Å²) in [5.74, 6) is 0. The Kier molecular flexibility index (Phi) is 2.90. The smallest absolute Gasteiger partial charge is 0.243 e. The van der Waals surface area contributed by atoms with Crippen LogP contribution in [0.5, 0.6) is 0 Å². The molecule has 0 unspecified atom stereocenters. The van der Waals surface area contributed by atoms with Gasteiger partial charge in [-0.3, -0.25) is 0 Å². The van der Waals surface area contributed by atoms with E-state index >= 15 is 0 Å². The van der Waals surface area contributed by atoms with E-state index in [1.54, 1.807) is 7.11 Å². The Bertz CT molecular complexity index is 706. The van der Waals surface area contributed by atoms with E-state index in [0.29, 0.717) is 0 Å². The van der Waals surface area contributed by atoms with Crippen molar-refractivity contribution in [2.75, 3.05) is 7.11 Å². The molecule has 0 aromatic heterocycles. The maximum atomic E-state index is 5.56. The molecule has 3 rings (SSSR count). The average Bonchev–Trinajstić information content (AvgIpc) is 2.43. The van der Waals surface area contributed by atoms with Crippen LogP contribution in [0.3, 0.4) is 0 Å². The molecule has 18 heavy (non-hydrogen) atoms. The largest absolute Gasteiger partial charge is 0.415 e. The zero-order valence-electron chi connectivity index (χ0n) is 10.6. The second-order valence-electron chi connectivity index (χ2n) is 4.49. The first-order chi connectivity index (χ1) is 8.79. The van der Waals surface area contributed by atoms with Crippen LogP contribution in [0.25, 0.3) is 21.5 Å². The summed E-state index contributed by atoms with van der Waals surface area (Å²) in [5.41, 5.74) is 0. The van der Waals surface area contributed by atoms with Gasteiger partial charge in [0, 0.05) is 7.11 Å². The monoisotopic (exact) mass is 251 g/mol. The molecule has 0 amide bonds. The zero-order chi connectivity index (χ0) is 12.5. The number of hydrogen-bond acceptors (Lipinski definition) is 1. The maximum Gasteiger partial charge on any atom is 0.243 e. The van der Waals surface area contributed by atoms with Crippen LogP contribution in [-0.2, 0) is 4.43 Å². The van der Waals surface area contributed by atoms with Crippen LogP contribution in [0.15, 0.2) is 54.6 Å². The van der Waals surface area contributed by atoms with Gasteiger partial charge < -0.3 is 4.43 Å². The fraction of sp³-hybridized carbons (Fsp3) is 0.125. The van der Waals surface area contributed by atoms with Gasteiger partial charge in [0.25, 0.3) is 0 Å². The van der Waals surface area contributed by atoms with Gasteiger partial charge in [0.2, 0.25) is 9.04 Å². The second-order valence-corrected chi connectivity index (χ2v) is 6.55. The highest BCUT2D eigenvalue weighted by atomic mass is 28.3. The SMILES string of the molecule is CO[Si](C)c1cccc2cc3ccccc3cc12. The molecule has 3 aromatic rings. The van der Waals surface area contributed by atoms with E-state index in [1.807, 2.05) is 0 Å². The molecule has 0 saturated heterocycles. The number of benzene rings is 3. The average molecular weight is 251 g/mol. The van der Waals surface area contributed by atoms with Crippen molar-refractivity contribution in [3.8, 4) is 0 Å². The van der Waals surface area contributed by atoms with Crippen molar-refractivity contribution in [1.82, 2.24) is 0 Å². The van der Waals surface area contributed by atoms with Gasteiger partial charge in [0.05, 0.1) is 0 Å². The Balaban J connectivity index is 2.36. The van der Waals surface area contributed by atoms with Crippen LogP contribution in [0, 0.1) is 0 Å². The topological polar surface area (TPSA) is 9.23 Å². The number of hydrogen-bond donors (Lipinski definition) is 0. The van der Waals surface area contributed by atoms with Crippen LogP contribution in [0.4, 0.5) is 0 Å². The van der Waals surface area contributed by atoms with Crippen molar-refractivity contribution in [1.29, 1.82) is 0 Å². The predicted molar refractivity (Wildman–Crippen MR) is 79.7 cm³/mol. The van der Waals surface area contributed by atoms with Gasteiger partial charge in [-0.05, 0) is 45.4 Å². The number of fused-ring (bicyclic) bond motifs is 2. The van der Waals surface area contributed by atoms with E-state index in [-0.39, 0.29) is 0 Å². The lowest BCUT2D eigenvalue weighted by Crippen LogP contribution is -2.29. The Morgan fingerprint density at radius 3 is 2.22 bits per heavy atom. The molecule has 89 valence electrons. The summed E-state index contributed by atoms with van der Waals surface area (Å²) >= 11 is 0. The molecule has 0 heterocycles. The minimum Gasteiger partial charge on any atom is -0.415 e. The van der Waals surface area contributed by atoms with Crippen molar-refractivity contribution in [3.63, 3.8) is 0 Å². The van der Waals surface area contributed by atoms with Crippen LogP contribution in [0.1, 0.15) is 0 Å². The number of rotatable bonds is 2. The molecule has 1 nitrogen and oxygen atoms in total. The molecular weight excluding hydrogens is 236 g/mol. The summed E-state index contributed by atoms with van der Waals surface area (Å²) in [4.78, 5) is 0. The first kappa shape index (κ1) is 11.4. The minimum atomic E-state index is -0.899. The highest BCUT2D eigenvalue weighted by molar-refractivity contribution is 6.68. The molecule has 0 atom stereocenters. The van der Waals surface area contributed by atoms with E-state index in [4.69, 9.17) is 4.43 Å². The Labute approximate surface area is 109 Å². The summed E-state index contributed by atoms with van der Waals surface area (Å²) in [5, 5.41) is 6.57. The van der Waals surface area contributed by atoms with Gasteiger partial charge in [-0.25, -0.2) is 0 Å². The van der Waals surface area contributed by atoms with Crippen LogP contribution in [0.2, 0.25) is 6.55 Å². The summed E-state index contributed by atoms with van der Waals surface area (Å²) in [6, 6.07) is 19.5. The Hall–Kier alpha value is -1.64. The zero-order valence-corrected chi connectivity index (χ0v) is 11.6. The molecular formula is C16H15OSi. The van der Waals surface area contributed by atoms with Crippen molar-refractivity contribution >= 4 is 35.8 Å². The lowest BCUT2D eigenvalue weighted by atomic mass is 10.0. The second kappa shape index (κ2) is 4.56. The van der Waals surface area contributed by atoms with Crippen molar-refractivity contribution in [2.24, 2.45) is 0 Å².